The van der Waals surface area contributed by atoms with E-state index in [1.165, 1.54) is 6.07 Å². The molecule has 0 fully saturated rings. The normalized spacial score (nSPS) is 12.0. The van der Waals surface area contributed by atoms with E-state index < -0.39 is 12.2 Å². The number of benzene rings is 1. The molecule has 0 saturated heterocycles. The lowest BCUT2D eigenvalue weighted by atomic mass is 10.1. The summed E-state index contributed by atoms with van der Waals surface area (Å²) in [6.07, 6.45) is 4.96. The zero-order valence-electron chi connectivity index (χ0n) is 17.1. The molecule has 4 aromatic rings. The Morgan fingerprint density at radius 3 is 2.48 bits per heavy atom. The van der Waals surface area contributed by atoms with Crippen LogP contribution < -0.4 is 4.74 Å². The first-order valence-electron chi connectivity index (χ1n) is 9.51. The molecule has 4 rings (SSSR count). The summed E-state index contributed by atoms with van der Waals surface area (Å²) in [5.41, 5.74) is 1.92. The van der Waals surface area contributed by atoms with Crippen LogP contribution >= 0.6 is 0 Å². The van der Waals surface area contributed by atoms with Crippen molar-refractivity contribution in [1.82, 2.24) is 29.5 Å². The maximum atomic E-state index is 12.8. The smallest absolute Gasteiger partial charge is 0.387 e. The number of aliphatic hydroxyl groups is 1. The lowest BCUT2D eigenvalue weighted by Gasteiger charge is -2.14. The summed E-state index contributed by atoms with van der Waals surface area (Å²) in [5.74, 6) is 0.782. The van der Waals surface area contributed by atoms with E-state index in [0.717, 1.165) is 0 Å². The number of fused-ring (bicyclic) bond motifs is 1. The van der Waals surface area contributed by atoms with Crippen molar-refractivity contribution in [3.8, 4) is 17.0 Å². The highest BCUT2D eigenvalue weighted by Crippen LogP contribution is 2.25. The van der Waals surface area contributed by atoms with Crippen LogP contribution in [0.1, 0.15) is 36.6 Å². The van der Waals surface area contributed by atoms with E-state index in [2.05, 4.69) is 29.8 Å². The summed E-state index contributed by atoms with van der Waals surface area (Å²) in [6.45, 7) is 2.10. The lowest BCUT2D eigenvalue weighted by molar-refractivity contribution is -0.0504. The third-order valence-electron chi connectivity index (χ3n) is 4.68. The summed E-state index contributed by atoms with van der Waals surface area (Å²) in [6, 6.07) is 6.61. The number of hydrogen-bond donors (Lipinski definition) is 1. The van der Waals surface area contributed by atoms with Gasteiger partial charge >= 0.3 is 6.61 Å². The Morgan fingerprint density at radius 2 is 1.81 bits per heavy atom. The Bertz CT molecular complexity index is 1220. The van der Waals surface area contributed by atoms with Gasteiger partial charge in [-0.15, -0.1) is 0 Å². The maximum Gasteiger partial charge on any atom is 0.387 e. The first-order chi connectivity index (χ1) is 14.7. The van der Waals surface area contributed by atoms with Crippen molar-refractivity contribution in [3.05, 3.63) is 65.6 Å². The molecule has 3 aromatic heterocycles. The van der Waals surface area contributed by atoms with Gasteiger partial charge in [-0.25, -0.2) is 24.5 Å². The van der Waals surface area contributed by atoms with Crippen LogP contribution in [0.5, 0.6) is 5.75 Å². The van der Waals surface area contributed by atoms with Crippen molar-refractivity contribution < 1.29 is 18.6 Å². The summed E-state index contributed by atoms with van der Waals surface area (Å²) in [4.78, 5) is 17.2. The summed E-state index contributed by atoms with van der Waals surface area (Å²) < 4.78 is 31.7. The van der Waals surface area contributed by atoms with Gasteiger partial charge in [-0.05, 0) is 26.8 Å². The van der Waals surface area contributed by atoms with Crippen molar-refractivity contribution in [1.29, 1.82) is 0 Å². The quantitative estimate of drug-likeness (QED) is 0.505. The number of imidazole rings is 1. The predicted octanol–water partition coefficient (Wildman–Crippen LogP) is 3.31. The highest BCUT2D eigenvalue weighted by molar-refractivity contribution is 5.56. The first-order valence-corrected chi connectivity index (χ1v) is 9.51. The second kappa shape index (κ2) is 7.95. The van der Waals surface area contributed by atoms with Gasteiger partial charge in [0.05, 0.1) is 17.6 Å². The van der Waals surface area contributed by atoms with E-state index in [9.17, 15) is 13.9 Å². The number of halogens is 2. The standard InChI is InChI=1S/C21H20F2N6O2/c1-12-16(8-13-6-4-5-7-17(13)31-19(22)23)29-20(27-12)26-11-15(28-29)14-9-24-18(25-10-14)21(2,3)30/h4-7,9-11,19,30H,8H2,1-3H3. The Balaban J connectivity index is 1.72. The highest BCUT2D eigenvalue weighted by Gasteiger charge is 2.20. The van der Waals surface area contributed by atoms with Crippen LogP contribution in [0.3, 0.4) is 0 Å². The minimum atomic E-state index is -2.91. The number of para-hydroxylation sites is 1. The minimum Gasteiger partial charge on any atom is -0.435 e. The van der Waals surface area contributed by atoms with Crippen molar-refractivity contribution in [3.63, 3.8) is 0 Å². The zero-order chi connectivity index (χ0) is 22.2. The zero-order valence-corrected chi connectivity index (χ0v) is 17.1. The van der Waals surface area contributed by atoms with Gasteiger partial charge in [-0.2, -0.15) is 13.9 Å². The molecule has 0 aliphatic rings. The van der Waals surface area contributed by atoms with Crippen molar-refractivity contribution in [2.75, 3.05) is 0 Å². The molecule has 0 amide bonds. The molecule has 3 heterocycles. The fourth-order valence-corrected chi connectivity index (χ4v) is 3.13. The molecule has 0 aliphatic heterocycles. The van der Waals surface area contributed by atoms with E-state index in [0.29, 0.717) is 39.8 Å². The molecular formula is C21H20F2N6O2. The number of rotatable bonds is 6. The fraction of sp³-hybridized carbons (Fsp3) is 0.286. The van der Waals surface area contributed by atoms with Crippen LogP contribution in [0.2, 0.25) is 0 Å². The molecule has 0 saturated carbocycles. The van der Waals surface area contributed by atoms with E-state index in [4.69, 9.17) is 0 Å². The molecule has 8 nitrogen and oxygen atoms in total. The van der Waals surface area contributed by atoms with E-state index in [1.54, 1.807) is 55.2 Å². The Kier molecular flexibility index (Phi) is 5.32. The summed E-state index contributed by atoms with van der Waals surface area (Å²) >= 11 is 0. The van der Waals surface area contributed by atoms with Crippen molar-refractivity contribution in [2.45, 2.75) is 39.4 Å². The molecule has 0 spiro atoms. The van der Waals surface area contributed by atoms with E-state index in [-0.39, 0.29) is 12.2 Å². The maximum absolute atomic E-state index is 12.8. The Labute approximate surface area is 176 Å². The number of aryl methyl sites for hydroxylation is 1. The topological polar surface area (TPSA) is 98.3 Å². The molecule has 31 heavy (non-hydrogen) atoms. The molecule has 0 aliphatic carbocycles. The van der Waals surface area contributed by atoms with Gasteiger partial charge in [0.15, 0.2) is 5.82 Å². The van der Waals surface area contributed by atoms with Crippen LogP contribution in [0.15, 0.2) is 42.9 Å². The van der Waals surface area contributed by atoms with Crippen LogP contribution in [-0.2, 0) is 12.0 Å². The summed E-state index contributed by atoms with van der Waals surface area (Å²) in [7, 11) is 0. The first kappa shape index (κ1) is 20.7. The van der Waals surface area contributed by atoms with Crippen molar-refractivity contribution >= 4 is 5.78 Å². The SMILES string of the molecule is Cc1nc2ncc(-c3cnc(C(C)(C)O)nc3)nn2c1Cc1ccccc1OC(F)F. The van der Waals surface area contributed by atoms with E-state index >= 15 is 0 Å². The van der Waals surface area contributed by atoms with Gasteiger partial charge < -0.3 is 9.84 Å². The van der Waals surface area contributed by atoms with E-state index in [1.807, 2.05) is 6.92 Å². The van der Waals surface area contributed by atoms with Gasteiger partial charge in [0.1, 0.15) is 17.0 Å². The number of hydrogen-bond acceptors (Lipinski definition) is 7. The molecule has 160 valence electrons. The highest BCUT2D eigenvalue weighted by atomic mass is 19.3. The van der Waals surface area contributed by atoms with Crippen LogP contribution in [-0.4, -0.2) is 41.3 Å². The molecule has 1 N–H and O–H groups in total. The summed E-state index contributed by atoms with van der Waals surface area (Å²) in [5, 5.41) is 14.6. The number of alkyl halides is 2. The third kappa shape index (κ3) is 4.33. The number of nitrogens with zero attached hydrogens (tertiary/aromatic N) is 6. The van der Waals surface area contributed by atoms with Gasteiger partial charge in [0, 0.05) is 29.9 Å². The number of ether oxygens (including phenoxy) is 1. The molecule has 0 bridgehead atoms. The molecular weight excluding hydrogens is 406 g/mol. The van der Waals surface area contributed by atoms with Gasteiger partial charge in [-0.3, -0.25) is 0 Å². The van der Waals surface area contributed by atoms with Gasteiger partial charge in [0.2, 0.25) is 0 Å². The molecule has 0 unspecified atom stereocenters. The minimum absolute atomic E-state index is 0.103. The van der Waals surface area contributed by atoms with Gasteiger partial charge in [0.25, 0.3) is 5.78 Å². The predicted molar refractivity (Wildman–Crippen MR) is 108 cm³/mol. The van der Waals surface area contributed by atoms with Crippen LogP contribution in [0.4, 0.5) is 8.78 Å². The number of aromatic nitrogens is 6. The Hall–Kier alpha value is -3.53. The second-order valence-corrected chi connectivity index (χ2v) is 7.52. The molecule has 1 aromatic carbocycles. The second-order valence-electron chi connectivity index (χ2n) is 7.52. The largest absolute Gasteiger partial charge is 0.435 e. The van der Waals surface area contributed by atoms with Crippen LogP contribution in [0.25, 0.3) is 17.0 Å². The lowest BCUT2D eigenvalue weighted by Crippen LogP contribution is -2.19. The average molecular weight is 426 g/mol. The van der Waals surface area contributed by atoms with Gasteiger partial charge in [-0.1, -0.05) is 18.2 Å². The fourth-order valence-electron chi connectivity index (χ4n) is 3.13. The average Bonchev–Trinajstić information content (AvgIpc) is 3.03. The molecule has 0 radical (unpaired) electrons. The van der Waals surface area contributed by atoms with Crippen molar-refractivity contribution in [2.24, 2.45) is 0 Å². The third-order valence-corrected chi connectivity index (χ3v) is 4.68. The Morgan fingerprint density at radius 1 is 1.10 bits per heavy atom. The van der Waals surface area contributed by atoms with Crippen LogP contribution in [0, 0.1) is 6.92 Å². The molecule has 0 atom stereocenters. The molecule has 10 heteroatoms. The monoisotopic (exact) mass is 426 g/mol.